The molecule has 0 saturated heterocycles. The van der Waals surface area contributed by atoms with Gasteiger partial charge in [0, 0.05) is 19.3 Å². The van der Waals surface area contributed by atoms with Crippen LogP contribution in [0.15, 0.2) is 30.3 Å². The molecule has 1 aliphatic heterocycles. The first-order valence-electron chi connectivity index (χ1n) is 9.33. The Morgan fingerprint density at radius 3 is 3.00 bits per heavy atom. The smallest absolute Gasteiger partial charge is 0.252 e. The number of carbonyl (C=O) groups is 1. The second-order valence-electron chi connectivity index (χ2n) is 7.24. The van der Waals surface area contributed by atoms with Gasteiger partial charge >= 0.3 is 0 Å². The van der Waals surface area contributed by atoms with Crippen molar-refractivity contribution in [2.75, 3.05) is 13.2 Å². The summed E-state index contributed by atoms with van der Waals surface area (Å²) in [7, 11) is 1.85. The van der Waals surface area contributed by atoms with E-state index in [1.54, 1.807) is 4.68 Å². The maximum Gasteiger partial charge on any atom is 0.252 e. The van der Waals surface area contributed by atoms with Gasteiger partial charge in [-0.15, -0.1) is 0 Å². The van der Waals surface area contributed by atoms with Crippen molar-refractivity contribution in [3.8, 4) is 5.75 Å². The monoisotopic (exact) mass is 364 g/mol. The molecule has 27 heavy (non-hydrogen) atoms. The Balaban J connectivity index is 1.53. The van der Waals surface area contributed by atoms with E-state index in [1.807, 2.05) is 45.2 Å². The molecule has 1 amide bonds. The average molecular weight is 364 g/mol. The molecule has 3 aromatic rings. The Morgan fingerprint density at radius 2 is 2.15 bits per heavy atom. The van der Waals surface area contributed by atoms with E-state index in [4.69, 9.17) is 4.74 Å². The topological polar surface area (TPSA) is 69.0 Å². The third-order valence-corrected chi connectivity index (χ3v) is 5.16. The van der Waals surface area contributed by atoms with Crippen LogP contribution in [-0.4, -0.2) is 33.8 Å². The zero-order chi connectivity index (χ0) is 19.0. The van der Waals surface area contributed by atoms with Gasteiger partial charge < -0.3 is 10.1 Å². The highest BCUT2D eigenvalue weighted by molar-refractivity contribution is 6.06. The number of ether oxygens (including phenoxy) is 1. The molecule has 0 aliphatic carbocycles. The summed E-state index contributed by atoms with van der Waals surface area (Å²) in [4.78, 5) is 17.5. The zero-order valence-electron chi connectivity index (χ0n) is 16.0. The van der Waals surface area contributed by atoms with Crippen molar-refractivity contribution < 1.29 is 9.53 Å². The number of pyridine rings is 1. The van der Waals surface area contributed by atoms with Crippen molar-refractivity contribution in [3.05, 3.63) is 52.8 Å². The number of benzene rings is 1. The zero-order valence-corrected chi connectivity index (χ0v) is 16.0. The standard InChI is InChI=1S/C21H24N4O2/c1-13-10-17(19-14(2)24-25(3)20(19)23-13)21(26)22-12-15-8-9-27-18-7-5-4-6-16(18)11-15/h4-7,10,15H,8-9,11-12H2,1-3H3,(H,22,26)/t15-/m0/s1. The first-order chi connectivity index (χ1) is 13.0. The van der Waals surface area contributed by atoms with Gasteiger partial charge in [-0.2, -0.15) is 5.10 Å². The fourth-order valence-electron chi connectivity index (χ4n) is 3.82. The number of aromatic nitrogens is 3. The molecule has 6 heteroatoms. The molecule has 0 bridgehead atoms. The van der Waals surface area contributed by atoms with Gasteiger partial charge in [0.05, 0.1) is 23.3 Å². The quantitative estimate of drug-likeness (QED) is 0.776. The van der Waals surface area contributed by atoms with Crippen LogP contribution in [0.1, 0.15) is 33.7 Å². The fourth-order valence-corrected chi connectivity index (χ4v) is 3.82. The van der Waals surface area contributed by atoms with Crippen LogP contribution < -0.4 is 10.1 Å². The largest absolute Gasteiger partial charge is 0.493 e. The van der Waals surface area contributed by atoms with Gasteiger partial charge in [0.1, 0.15) is 5.75 Å². The van der Waals surface area contributed by atoms with Crippen LogP contribution in [0.5, 0.6) is 5.75 Å². The van der Waals surface area contributed by atoms with Crippen LogP contribution in [0, 0.1) is 19.8 Å². The van der Waals surface area contributed by atoms with Crippen LogP contribution in [0.3, 0.4) is 0 Å². The second-order valence-corrected chi connectivity index (χ2v) is 7.24. The molecule has 0 fully saturated rings. The van der Waals surface area contributed by atoms with E-state index in [0.29, 0.717) is 24.6 Å². The number of rotatable bonds is 3. The van der Waals surface area contributed by atoms with Crippen molar-refractivity contribution in [2.24, 2.45) is 13.0 Å². The van der Waals surface area contributed by atoms with Gasteiger partial charge in [0.15, 0.2) is 5.65 Å². The SMILES string of the molecule is Cc1cc(C(=O)NC[C@H]2CCOc3ccccc3C2)c2c(C)nn(C)c2n1. The van der Waals surface area contributed by atoms with Crippen LogP contribution in [0.2, 0.25) is 0 Å². The number of nitrogens with one attached hydrogen (secondary N) is 1. The molecule has 0 saturated carbocycles. The highest BCUT2D eigenvalue weighted by Crippen LogP contribution is 2.26. The Morgan fingerprint density at radius 1 is 1.33 bits per heavy atom. The Hall–Kier alpha value is -2.89. The molecule has 2 aromatic heterocycles. The highest BCUT2D eigenvalue weighted by atomic mass is 16.5. The lowest BCUT2D eigenvalue weighted by Gasteiger charge is -2.15. The molecule has 0 spiro atoms. The summed E-state index contributed by atoms with van der Waals surface area (Å²) >= 11 is 0. The summed E-state index contributed by atoms with van der Waals surface area (Å²) < 4.78 is 7.56. The fraction of sp³-hybridized carbons (Fsp3) is 0.381. The number of hydrogen-bond acceptors (Lipinski definition) is 4. The van der Waals surface area contributed by atoms with E-state index in [-0.39, 0.29) is 5.91 Å². The predicted molar refractivity (Wildman–Crippen MR) is 104 cm³/mol. The second kappa shape index (κ2) is 7.02. The normalized spacial score (nSPS) is 16.5. The van der Waals surface area contributed by atoms with Crippen molar-refractivity contribution in [3.63, 3.8) is 0 Å². The van der Waals surface area contributed by atoms with E-state index in [0.717, 1.165) is 41.0 Å². The molecule has 4 rings (SSSR count). The van der Waals surface area contributed by atoms with Crippen LogP contribution in [-0.2, 0) is 13.5 Å². The van der Waals surface area contributed by atoms with Gasteiger partial charge in [-0.1, -0.05) is 18.2 Å². The molecule has 1 N–H and O–H groups in total. The lowest BCUT2D eigenvalue weighted by molar-refractivity contribution is 0.0947. The third kappa shape index (κ3) is 3.39. The number of fused-ring (bicyclic) bond motifs is 2. The lowest BCUT2D eigenvalue weighted by atomic mass is 9.96. The van der Waals surface area contributed by atoms with E-state index in [2.05, 4.69) is 21.5 Å². The number of nitrogens with zero attached hydrogens (tertiary/aromatic N) is 3. The van der Waals surface area contributed by atoms with Crippen LogP contribution in [0.25, 0.3) is 11.0 Å². The summed E-state index contributed by atoms with van der Waals surface area (Å²) in [6.45, 7) is 5.12. The van der Waals surface area contributed by atoms with E-state index in [9.17, 15) is 4.79 Å². The lowest BCUT2D eigenvalue weighted by Crippen LogP contribution is -2.30. The van der Waals surface area contributed by atoms with Crippen molar-refractivity contribution in [1.82, 2.24) is 20.1 Å². The molecule has 1 aromatic carbocycles. The molecule has 140 valence electrons. The summed E-state index contributed by atoms with van der Waals surface area (Å²) in [5.41, 5.74) is 4.23. The summed E-state index contributed by atoms with van der Waals surface area (Å²) in [5.74, 6) is 1.25. The van der Waals surface area contributed by atoms with E-state index < -0.39 is 0 Å². The minimum atomic E-state index is -0.0694. The highest BCUT2D eigenvalue weighted by Gasteiger charge is 2.21. The van der Waals surface area contributed by atoms with Crippen molar-refractivity contribution >= 4 is 16.9 Å². The van der Waals surface area contributed by atoms with Gasteiger partial charge in [-0.25, -0.2) is 4.98 Å². The predicted octanol–water partition coefficient (Wildman–Crippen LogP) is 2.96. The molecule has 0 radical (unpaired) electrons. The molecule has 3 heterocycles. The minimum absolute atomic E-state index is 0.0694. The van der Waals surface area contributed by atoms with E-state index >= 15 is 0 Å². The van der Waals surface area contributed by atoms with E-state index in [1.165, 1.54) is 5.56 Å². The minimum Gasteiger partial charge on any atom is -0.493 e. The Kier molecular flexibility index (Phi) is 4.56. The molecular weight excluding hydrogens is 340 g/mol. The van der Waals surface area contributed by atoms with Gasteiger partial charge in [0.2, 0.25) is 0 Å². The maximum atomic E-state index is 12.9. The number of carbonyl (C=O) groups excluding carboxylic acids is 1. The average Bonchev–Trinajstić information content (AvgIpc) is 2.83. The van der Waals surface area contributed by atoms with Gasteiger partial charge in [-0.3, -0.25) is 9.48 Å². The number of para-hydroxylation sites is 1. The number of hydrogen-bond donors (Lipinski definition) is 1. The van der Waals surface area contributed by atoms with Crippen LogP contribution >= 0.6 is 0 Å². The summed E-state index contributed by atoms with van der Waals surface area (Å²) in [6.07, 6.45) is 1.83. The Bertz CT molecular complexity index is 1010. The summed E-state index contributed by atoms with van der Waals surface area (Å²) in [5, 5.41) is 8.37. The first kappa shape index (κ1) is 17.5. The first-order valence-corrected chi connectivity index (χ1v) is 9.33. The van der Waals surface area contributed by atoms with Gasteiger partial charge in [0.25, 0.3) is 5.91 Å². The summed E-state index contributed by atoms with van der Waals surface area (Å²) in [6, 6.07) is 9.99. The molecule has 0 unspecified atom stereocenters. The molecule has 6 nitrogen and oxygen atoms in total. The maximum absolute atomic E-state index is 12.9. The molecule has 1 atom stereocenters. The number of amides is 1. The van der Waals surface area contributed by atoms with Crippen LogP contribution in [0.4, 0.5) is 0 Å². The Labute approximate surface area is 158 Å². The van der Waals surface area contributed by atoms with Crippen molar-refractivity contribution in [1.29, 1.82) is 0 Å². The number of aryl methyl sites for hydroxylation is 3. The third-order valence-electron chi connectivity index (χ3n) is 5.16. The molecule has 1 aliphatic rings. The van der Waals surface area contributed by atoms with Gasteiger partial charge in [-0.05, 0) is 50.3 Å². The van der Waals surface area contributed by atoms with Crippen molar-refractivity contribution in [2.45, 2.75) is 26.7 Å². The molecular formula is C21H24N4O2.